The summed E-state index contributed by atoms with van der Waals surface area (Å²) in [5, 5.41) is 16.7. The first-order valence-electron chi connectivity index (χ1n) is 25.4. The molecule has 1 amide bonds. The molecule has 3 saturated carbocycles. The number of rotatable bonds is 13. The fourth-order valence-electron chi connectivity index (χ4n) is 12.5. The Hall–Kier alpha value is -5.44. The van der Waals surface area contributed by atoms with E-state index in [1.165, 1.54) is 33.3 Å². The summed E-state index contributed by atoms with van der Waals surface area (Å²) in [6.07, 6.45) is -7.46. The number of aliphatic hydroxyl groups is 1. The minimum Gasteiger partial charge on any atom is -0.455 e. The number of fused-ring (bicyclic) bond motifs is 5. The van der Waals surface area contributed by atoms with Gasteiger partial charge in [0.25, 0.3) is 0 Å². The molecule has 0 radical (unpaired) electrons. The molecule has 19 nitrogen and oxygen atoms in total. The van der Waals surface area contributed by atoms with Gasteiger partial charge in [-0.25, -0.2) is 19.2 Å². The van der Waals surface area contributed by atoms with Crippen molar-refractivity contribution in [1.82, 2.24) is 5.32 Å². The molecule has 404 valence electrons. The summed E-state index contributed by atoms with van der Waals surface area (Å²) in [6.45, 7) is 12.4. The Balaban J connectivity index is 1.23. The van der Waals surface area contributed by atoms with E-state index in [4.69, 9.17) is 52.1 Å². The number of carbonyl (C=O) groups excluding carboxylic acids is 6. The van der Waals surface area contributed by atoms with Crippen LogP contribution in [0.2, 0.25) is 0 Å². The second-order valence-corrected chi connectivity index (χ2v) is 22.2. The maximum atomic E-state index is 15.9. The van der Waals surface area contributed by atoms with Crippen LogP contribution in [0.1, 0.15) is 122 Å². The van der Waals surface area contributed by atoms with Gasteiger partial charge in [0.1, 0.15) is 54.4 Å². The number of Topliss-reactive ketones (excluding diaryl/α,β-unsaturated/α-hetero) is 1. The van der Waals surface area contributed by atoms with E-state index in [9.17, 15) is 24.3 Å². The van der Waals surface area contributed by atoms with Gasteiger partial charge < -0.3 is 62.5 Å². The SMILES string of the molecule is CO[C@H]1C(=O)[C@@]2(C)C([C@H](OC(=O)c3ccccc3)C3(O)C[C@H](OC(=O)[C@H](OC(=O)OC[C@@H]4COC5(CCCCC5)O4)[C@@H](NC(=O)OC(C)(C)C)c4ccccc4)C(C)=C1C3(C)C)[C@]1(OC(C)=O)CO[C@@H]1C[C@@H]2OC. The first-order chi connectivity index (χ1) is 34.9. The molecular formula is C55H71NO18. The van der Waals surface area contributed by atoms with Gasteiger partial charge in [0.2, 0.25) is 6.10 Å². The maximum absolute atomic E-state index is 15.9. The predicted molar refractivity (Wildman–Crippen MR) is 260 cm³/mol. The van der Waals surface area contributed by atoms with Crippen LogP contribution in [0, 0.1) is 16.7 Å². The van der Waals surface area contributed by atoms with E-state index < -0.39 is 130 Å². The third-order valence-electron chi connectivity index (χ3n) is 16.2. The summed E-state index contributed by atoms with van der Waals surface area (Å²) in [5.74, 6) is -5.48. The summed E-state index contributed by atoms with van der Waals surface area (Å²) < 4.78 is 67.1. The molecule has 12 atom stereocenters. The largest absolute Gasteiger partial charge is 0.509 e. The molecule has 2 saturated heterocycles. The van der Waals surface area contributed by atoms with Crippen molar-refractivity contribution in [2.75, 3.05) is 34.0 Å². The Morgan fingerprint density at radius 2 is 1.57 bits per heavy atom. The lowest BCUT2D eigenvalue weighted by Crippen LogP contribution is -2.82. The minimum atomic E-state index is -2.31. The van der Waals surface area contributed by atoms with Gasteiger partial charge in [-0.2, -0.15) is 0 Å². The second-order valence-electron chi connectivity index (χ2n) is 22.2. The molecule has 2 heterocycles. The van der Waals surface area contributed by atoms with Crippen LogP contribution in [-0.2, 0) is 66.5 Å². The van der Waals surface area contributed by atoms with Crippen molar-refractivity contribution >= 4 is 35.9 Å². The molecule has 2 aromatic rings. The van der Waals surface area contributed by atoms with E-state index in [2.05, 4.69) is 5.32 Å². The minimum absolute atomic E-state index is 0.0877. The van der Waals surface area contributed by atoms with Crippen molar-refractivity contribution in [2.45, 2.75) is 172 Å². The number of ketones is 1. The van der Waals surface area contributed by atoms with Gasteiger partial charge in [-0.05, 0) is 76.3 Å². The molecule has 1 spiro atoms. The zero-order chi connectivity index (χ0) is 53.6. The Morgan fingerprint density at radius 1 is 0.905 bits per heavy atom. The van der Waals surface area contributed by atoms with Crippen LogP contribution in [0.4, 0.5) is 9.59 Å². The number of alkyl carbamates (subject to hydrolysis) is 1. The molecule has 5 fully saturated rings. The fourth-order valence-corrected chi connectivity index (χ4v) is 12.5. The average molecular weight is 1030 g/mol. The Kier molecular flexibility index (Phi) is 15.5. The molecule has 0 aromatic heterocycles. The number of ether oxygens (including phenoxy) is 11. The summed E-state index contributed by atoms with van der Waals surface area (Å²) in [6, 6.07) is 14.8. The van der Waals surface area contributed by atoms with Crippen molar-refractivity contribution in [1.29, 1.82) is 0 Å². The van der Waals surface area contributed by atoms with Crippen molar-refractivity contribution < 1.29 is 86.0 Å². The van der Waals surface area contributed by atoms with Crippen molar-refractivity contribution in [3.63, 3.8) is 0 Å². The van der Waals surface area contributed by atoms with Crippen LogP contribution < -0.4 is 5.32 Å². The molecule has 6 aliphatic rings. The van der Waals surface area contributed by atoms with E-state index in [-0.39, 0.29) is 37.4 Å². The molecule has 2 bridgehead atoms. The highest BCUT2D eigenvalue weighted by atomic mass is 16.8. The van der Waals surface area contributed by atoms with Gasteiger partial charge in [0, 0.05) is 52.2 Å². The standard InChI is InChI=1S/C55H71NO18/c1-31-36(69-47(60)42(40(33-20-14-11-15-21-33)56-48(61)74-50(3,4)5)70-49(62)66-28-35-29-68-53(73-35)24-18-13-19-25-53)27-55(63)45(71-46(59)34-22-16-12-17-23-34)43-52(8,44(58)41(65-10)39(31)51(55,6)7)37(64-9)26-38-54(43,30-67-38)72-32(2)57/h11-12,14-17,20-23,35-38,40-43,45,63H,13,18-19,24-30H2,1-10H3,(H,56,61)/t35-,36+,37+,38-,40+,41-,42-,43?,45+,52-,54+,55?/m1/s1. The van der Waals surface area contributed by atoms with Crippen molar-refractivity contribution in [3.05, 3.63) is 82.9 Å². The van der Waals surface area contributed by atoms with Gasteiger partial charge in [-0.15, -0.1) is 0 Å². The van der Waals surface area contributed by atoms with Crippen LogP contribution in [0.15, 0.2) is 71.8 Å². The molecule has 19 heteroatoms. The smallest absolute Gasteiger partial charge is 0.455 e. The summed E-state index contributed by atoms with van der Waals surface area (Å²) >= 11 is 0. The number of carbonyl (C=O) groups is 6. The van der Waals surface area contributed by atoms with Gasteiger partial charge >= 0.3 is 30.2 Å². The van der Waals surface area contributed by atoms with Gasteiger partial charge in [0.05, 0.1) is 36.2 Å². The Bertz CT molecular complexity index is 2470. The van der Waals surface area contributed by atoms with E-state index in [1.54, 1.807) is 97.0 Å². The monoisotopic (exact) mass is 1030 g/mol. The lowest BCUT2D eigenvalue weighted by Gasteiger charge is -2.67. The average Bonchev–Trinajstić information content (AvgIpc) is 3.74. The zero-order valence-electron chi connectivity index (χ0n) is 43.9. The van der Waals surface area contributed by atoms with Crippen LogP contribution in [0.3, 0.4) is 0 Å². The second kappa shape index (κ2) is 20.9. The van der Waals surface area contributed by atoms with Crippen LogP contribution >= 0.6 is 0 Å². The lowest BCUT2D eigenvalue weighted by molar-refractivity contribution is -0.347. The highest BCUT2D eigenvalue weighted by molar-refractivity contribution is 5.94. The van der Waals surface area contributed by atoms with E-state index >= 15 is 9.59 Å². The number of methoxy groups -OCH3 is 2. The first-order valence-corrected chi connectivity index (χ1v) is 25.4. The molecule has 2 unspecified atom stereocenters. The Labute approximate surface area is 431 Å². The van der Waals surface area contributed by atoms with E-state index in [0.717, 1.165) is 19.3 Å². The Morgan fingerprint density at radius 3 is 2.16 bits per heavy atom. The van der Waals surface area contributed by atoms with Gasteiger partial charge in [0.15, 0.2) is 17.2 Å². The molecule has 4 aliphatic carbocycles. The van der Waals surface area contributed by atoms with Gasteiger partial charge in [-0.3, -0.25) is 9.59 Å². The summed E-state index contributed by atoms with van der Waals surface area (Å²) in [5.41, 5.74) is -7.31. The van der Waals surface area contributed by atoms with Crippen molar-refractivity contribution in [3.8, 4) is 0 Å². The molecule has 2 N–H and O–H groups in total. The summed E-state index contributed by atoms with van der Waals surface area (Å²) in [7, 11) is 2.77. The first kappa shape index (κ1) is 54.8. The number of benzene rings is 2. The van der Waals surface area contributed by atoms with E-state index in [0.29, 0.717) is 24.0 Å². The predicted octanol–water partition coefficient (Wildman–Crippen LogP) is 6.80. The highest BCUT2D eigenvalue weighted by Gasteiger charge is 2.78. The van der Waals surface area contributed by atoms with Crippen LogP contribution in [0.25, 0.3) is 0 Å². The molecule has 2 aromatic carbocycles. The molecular weight excluding hydrogens is 963 g/mol. The third-order valence-corrected chi connectivity index (χ3v) is 16.2. The number of nitrogens with one attached hydrogen (secondary N) is 1. The lowest BCUT2D eigenvalue weighted by atomic mass is 9.44. The molecule has 2 aliphatic heterocycles. The number of hydrogen-bond donors (Lipinski definition) is 2. The molecule has 74 heavy (non-hydrogen) atoms. The zero-order valence-corrected chi connectivity index (χ0v) is 43.9. The quantitative estimate of drug-likeness (QED) is 0.119. The normalized spacial score (nSPS) is 32.7. The number of amides is 1. The topological polar surface area (TPSA) is 236 Å². The van der Waals surface area contributed by atoms with Crippen molar-refractivity contribution in [2.24, 2.45) is 16.7 Å². The fraction of sp³-hybridized carbons (Fsp3) is 0.636. The third kappa shape index (κ3) is 10.1. The number of hydrogen-bond acceptors (Lipinski definition) is 18. The van der Waals surface area contributed by atoms with Gasteiger partial charge in [-0.1, -0.05) is 68.8 Å². The highest BCUT2D eigenvalue weighted by Crippen LogP contribution is 2.65. The van der Waals surface area contributed by atoms with E-state index in [1.807, 2.05) is 0 Å². The number of esters is 3. The maximum Gasteiger partial charge on any atom is 0.509 e. The van der Waals surface area contributed by atoms with Crippen LogP contribution in [0.5, 0.6) is 0 Å². The van der Waals surface area contributed by atoms with Crippen LogP contribution in [-0.4, -0.2) is 140 Å². The summed E-state index contributed by atoms with van der Waals surface area (Å²) in [4.78, 5) is 86.6. The molecule has 8 rings (SSSR count).